The average molecular weight is 1170 g/mol. The van der Waals surface area contributed by atoms with Gasteiger partial charge in [0, 0.05) is 25.7 Å². The molecule has 0 spiro atoms. The van der Waals surface area contributed by atoms with Gasteiger partial charge in [-0.25, -0.2) is 9.13 Å². The van der Waals surface area contributed by atoms with Crippen LogP contribution in [0.15, 0.2) is 0 Å². The third kappa shape index (κ3) is 55.0. The van der Waals surface area contributed by atoms with E-state index in [2.05, 4.69) is 34.6 Å². The summed E-state index contributed by atoms with van der Waals surface area (Å²) >= 11 is 0. The van der Waals surface area contributed by atoms with Crippen molar-refractivity contribution in [3.63, 3.8) is 0 Å². The molecule has 2 unspecified atom stereocenters. The van der Waals surface area contributed by atoms with Gasteiger partial charge in [-0.05, 0) is 31.6 Å². The van der Waals surface area contributed by atoms with Crippen molar-refractivity contribution in [1.82, 2.24) is 0 Å². The van der Waals surface area contributed by atoms with E-state index in [9.17, 15) is 43.2 Å². The van der Waals surface area contributed by atoms with Gasteiger partial charge in [0.2, 0.25) is 0 Å². The Balaban J connectivity index is 5.16. The molecule has 0 aliphatic heterocycles. The van der Waals surface area contributed by atoms with Gasteiger partial charge < -0.3 is 33.8 Å². The summed E-state index contributed by atoms with van der Waals surface area (Å²) in [6.45, 7) is 7.06. The molecule has 0 aliphatic rings. The summed E-state index contributed by atoms with van der Waals surface area (Å²) in [7, 11) is -9.87. The van der Waals surface area contributed by atoms with E-state index in [1.165, 1.54) is 116 Å². The SMILES string of the molecule is CCCCCCCCCCCCC(=O)OC[C@H](COP(=O)(O)OC[C@@H](O)COP(=O)(O)OC[C@@H](COC(=O)CCCCCCC)OC(=O)CCCCCCCCCCC)OC(=O)CCCCCCCCCCCCCCC(C)C. The van der Waals surface area contributed by atoms with Crippen LogP contribution >= 0.6 is 15.6 Å². The molecule has 5 atom stereocenters. The Morgan fingerprint density at radius 3 is 0.861 bits per heavy atom. The number of carbonyl (C=O) groups excluding carboxylic acids is 4. The van der Waals surface area contributed by atoms with E-state index in [1.807, 2.05) is 0 Å². The number of aliphatic hydroxyl groups excluding tert-OH is 1. The number of hydrogen-bond acceptors (Lipinski definition) is 15. The predicted molar refractivity (Wildman–Crippen MR) is 312 cm³/mol. The maximum Gasteiger partial charge on any atom is 0.472 e. The third-order valence-electron chi connectivity index (χ3n) is 13.8. The van der Waals surface area contributed by atoms with Gasteiger partial charge in [0.15, 0.2) is 12.2 Å². The first-order valence-corrected chi connectivity index (χ1v) is 34.6. The van der Waals surface area contributed by atoms with Gasteiger partial charge in [0.1, 0.15) is 19.3 Å². The van der Waals surface area contributed by atoms with Crippen LogP contribution in [0.2, 0.25) is 0 Å². The third-order valence-corrected chi connectivity index (χ3v) is 15.7. The van der Waals surface area contributed by atoms with Crippen LogP contribution < -0.4 is 0 Å². The van der Waals surface area contributed by atoms with Crippen LogP contribution in [0, 0.1) is 5.92 Å². The summed E-state index contributed by atoms with van der Waals surface area (Å²) in [4.78, 5) is 71.7. The molecule has 0 saturated carbocycles. The fourth-order valence-corrected chi connectivity index (χ4v) is 10.5. The van der Waals surface area contributed by atoms with E-state index in [4.69, 9.17) is 37.0 Å². The number of rotatable bonds is 60. The van der Waals surface area contributed by atoms with E-state index in [0.29, 0.717) is 25.7 Å². The Bertz CT molecular complexity index is 1550. The highest BCUT2D eigenvalue weighted by Gasteiger charge is 2.30. The summed E-state index contributed by atoms with van der Waals surface area (Å²) in [5, 5.41) is 10.5. The largest absolute Gasteiger partial charge is 0.472 e. The topological polar surface area (TPSA) is 237 Å². The number of esters is 4. The zero-order chi connectivity index (χ0) is 58.5. The molecule has 17 nitrogen and oxygen atoms in total. The number of hydrogen-bond donors (Lipinski definition) is 3. The number of ether oxygens (including phenoxy) is 4. The van der Waals surface area contributed by atoms with Gasteiger partial charge in [-0.15, -0.1) is 0 Å². The smallest absolute Gasteiger partial charge is 0.462 e. The van der Waals surface area contributed by atoms with Gasteiger partial charge >= 0.3 is 39.5 Å². The zero-order valence-electron chi connectivity index (χ0n) is 50.5. The highest BCUT2D eigenvalue weighted by Crippen LogP contribution is 2.45. The summed E-state index contributed by atoms with van der Waals surface area (Å²) in [5.41, 5.74) is 0. The Hall–Kier alpha value is -1.94. The zero-order valence-corrected chi connectivity index (χ0v) is 52.3. The molecule has 0 aromatic heterocycles. The Morgan fingerprint density at radius 2 is 0.582 bits per heavy atom. The maximum atomic E-state index is 12.9. The predicted octanol–water partition coefficient (Wildman–Crippen LogP) is 16.2. The lowest BCUT2D eigenvalue weighted by molar-refractivity contribution is -0.161. The van der Waals surface area contributed by atoms with Crippen LogP contribution in [0.5, 0.6) is 0 Å². The number of aliphatic hydroxyl groups is 1. The normalized spacial score (nSPS) is 14.3. The maximum absolute atomic E-state index is 12.9. The van der Waals surface area contributed by atoms with Crippen LogP contribution in [0.25, 0.3) is 0 Å². The van der Waals surface area contributed by atoms with Crippen molar-refractivity contribution in [2.75, 3.05) is 39.6 Å². The molecule has 0 aromatic carbocycles. The summed E-state index contributed by atoms with van der Waals surface area (Å²) in [6, 6.07) is 0. The lowest BCUT2D eigenvalue weighted by atomic mass is 10.0. The van der Waals surface area contributed by atoms with Crippen molar-refractivity contribution in [2.24, 2.45) is 5.92 Å². The number of unbranched alkanes of at least 4 members (excludes halogenated alkanes) is 32. The molecule has 0 heterocycles. The van der Waals surface area contributed by atoms with Crippen molar-refractivity contribution in [1.29, 1.82) is 0 Å². The molecule has 0 amide bonds. The monoisotopic (exact) mass is 1170 g/mol. The van der Waals surface area contributed by atoms with Gasteiger partial charge in [-0.1, -0.05) is 247 Å². The molecule has 0 fully saturated rings. The van der Waals surface area contributed by atoms with E-state index in [0.717, 1.165) is 102 Å². The highest BCUT2D eigenvalue weighted by atomic mass is 31.2. The molecule has 0 aliphatic carbocycles. The second kappa shape index (κ2) is 54.0. The van der Waals surface area contributed by atoms with Crippen molar-refractivity contribution in [3.8, 4) is 0 Å². The van der Waals surface area contributed by atoms with Crippen LogP contribution in [-0.2, 0) is 65.4 Å². The van der Waals surface area contributed by atoms with Crippen LogP contribution in [-0.4, -0.2) is 96.7 Å². The van der Waals surface area contributed by atoms with Crippen molar-refractivity contribution >= 4 is 39.5 Å². The molecular formula is C60H116O17P2. The average Bonchev–Trinajstić information content (AvgIpc) is 3.41. The van der Waals surface area contributed by atoms with Crippen LogP contribution in [0.1, 0.15) is 298 Å². The van der Waals surface area contributed by atoms with E-state index in [-0.39, 0.29) is 25.7 Å². The summed E-state index contributed by atoms with van der Waals surface area (Å²) < 4.78 is 67.6. The van der Waals surface area contributed by atoms with Gasteiger partial charge in [0.05, 0.1) is 26.4 Å². The highest BCUT2D eigenvalue weighted by molar-refractivity contribution is 7.47. The quantitative estimate of drug-likeness (QED) is 0.0222. The second-order valence-corrected chi connectivity index (χ2v) is 25.1. The Labute approximate surface area is 479 Å². The minimum atomic E-state index is -4.94. The van der Waals surface area contributed by atoms with Gasteiger partial charge in [-0.3, -0.25) is 37.3 Å². The molecule has 468 valence electrons. The number of phosphoric ester groups is 2. The molecule has 79 heavy (non-hydrogen) atoms. The molecular weight excluding hydrogens is 1050 g/mol. The summed E-state index contributed by atoms with van der Waals surface area (Å²) in [5.74, 6) is -1.37. The molecule has 3 N–H and O–H groups in total. The van der Waals surface area contributed by atoms with Crippen molar-refractivity contribution < 1.29 is 80.2 Å². The van der Waals surface area contributed by atoms with Crippen LogP contribution in [0.4, 0.5) is 0 Å². The molecule has 19 heteroatoms. The minimum absolute atomic E-state index is 0.105. The fraction of sp³-hybridized carbons (Fsp3) is 0.933. The first kappa shape index (κ1) is 77.1. The Morgan fingerprint density at radius 1 is 0.342 bits per heavy atom. The van der Waals surface area contributed by atoms with Crippen LogP contribution in [0.3, 0.4) is 0 Å². The molecule has 0 saturated heterocycles. The first-order valence-electron chi connectivity index (χ1n) is 31.6. The standard InChI is InChI=1S/C60H116O17P2/c1-6-9-12-15-17-19-26-29-34-39-44-58(63)71-50-56(77-60(65)46-41-36-31-27-23-21-20-22-25-28-33-37-42-53(4)5)52-75-79(68,69)73-48-54(61)47-72-78(66,67)74-51-55(49-70-57(62)43-38-32-14-11-8-3)76-59(64)45-40-35-30-24-18-16-13-10-7-2/h53-56,61H,6-52H2,1-5H3,(H,66,67)(H,68,69)/t54-,55+,56+/m0/s1. The first-order chi connectivity index (χ1) is 38.0. The molecule has 0 aromatic rings. The lowest BCUT2D eigenvalue weighted by Gasteiger charge is -2.21. The van der Waals surface area contributed by atoms with Gasteiger partial charge in [-0.2, -0.15) is 0 Å². The van der Waals surface area contributed by atoms with E-state index in [1.54, 1.807) is 0 Å². The van der Waals surface area contributed by atoms with Crippen molar-refractivity contribution in [3.05, 3.63) is 0 Å². The van der Waals surface area contributed by atoms with E-state index < -0.39 is 97.5 Å². The minimum Gasteiger partial charge on any atom is -0.462 e. The molecule has 0 radical (unpaired) electrons. The molecule has 0 rings (SSSR count). The number of carbonyl (C=O) groups is 4. The fourth-order valence-electron chi connectivity index (χ4n) is 8.88. The Kier molecular flexibility index (Phi) is 52.7. The summed E-state index contributed by atoms with van der Waals surface area (Å²) in [6.07, 6.45) is 36.5. The molecule has 0 bridgehead atoms. The lowest BCUT2D eigenvalue weighted by Crippen LogP contribution is -2.30. The second-order valence-electron chi connectivity index (χ2n) is 22.2. The van der Waals surface area contributed by atoms with E-state index >= 15 is 0 Å². The van der Waals surface area contributed by atoms with Crippen molar-refractivity contribution in [2.45, 2.75) is 316 Å². The number of phosphoric acid groups is 2. The van der Waals surface area contributed by atoms with Gasteiger partial charge in [0.25, 0.3) is 0 Å².